The highest BCUT2D eigenvalue weighted by Gasteiger charge is 2.73. The number of ketones is 1. The van der Waals surface area contributed by atoms with Crippen LogP contribution in [0.15, 0.2) is 12.2 Å². The third-order valence-corrected chi connectivity index (χ3v) is 8.86. The molecule has 4 fully saturated rings. The number of aliphatic hydroxyl groups excluding tert-OH is 2. The van der Waals surface area contributed by atoms with Crippen molar-refractivity contribution in [2.24, 2.45) is 34.0 Å². The first kappa shape index (κ1) is 19.1. The van der Waals surface area contributed by atoms with Gasteiger partial charge in [-0.05, 0) is 54.9 Å². The maximum Gasteiger partial charge on any atom is 0.302 e. The van der Waals surface area contributed by atoms with Crippen LogP contribution in [0.4, 0.5) is 0 Å². The Hall–Kier alpha value is -1.20. The zero-order chi connectivity index (χ0) is 19.8. The Morgan fingerprint density at radius 3 is 2.59 bits per heavy atom. The van der Waals surface area contributed by atoms with E-state index < -0.39 is 17.6 Å². The zero-order valence-corrected chi connectivity index (χ0v) is 16.7. The Balaban J connectivity index is 1.77. The molecule has 0 aromatic rings. The highest BCUT2D eigenvalue weighted by molar-refractivity contribution is 6.04. The second-order valence-electron chi connectivity index (χ2n) is 10.1. The van der Waals surface area contributed by atoms with Crippen LogP contribution in [0.3, 0.4) is 0 Å². The molecule has 5 nitrogen and oxygen atoms in total. The van der Waals surface area contributed by atoms with Gasteiger partial charge in [0, 0.05) is 18.3 Å². The lowest BCUT2D eigenvalue weighted by atomic mass is 9.39. The predicted octanol–water partition coefficient (Wildman–Crippen LogP) is 2.64. The summed E-state index contributed by atoms with van der Waals surface area (Å²) in [7, 11) is 0. The highest BCUT2D eigenvalue weighted by Crippen LogP contribution is 2.71. The van der Waals surface area contributed by atoms with E-state index in [4.69, 9.17) is 4.74 Å². The van der Waals surface area contributed by atoms with Gasteiger partial charge in [0.25, 0.3) is 0 Å². The van der Waals surface area contributed by atoms with Crippen LogP contribution in [0.2, 0.25) is 0 Å². The molecule has 0 aromatic heterocycles. The minimum atomic E-state index is -1.09. The fourth-order valence-electron chi connectivity index (χ4n) is 7.69. The molecule has 4 aliphatic rings. The van der Waals surface area contributed by atoms with Gasteiger partial charge in [-0.1, -0.05) is 26.8 Å². The van der Waals surface area contributed by atoms with Crippen molar-refractivity contribution in [3.63, 3.8) is 0 Å². The molecular weight excluding hydrogens is 344 g/mol. The van der Waals surface area contributed by atoms with Crippen molar-refractivity contribution >= 4 is 11.8 Å². The number of Topliss-reactive ketones (excluding diaryl/α,β-unsaturated/α-hetero) is 1. The normalized spacial score (nSPS) is 51.5. The Labute approximate surface area is 161 Å². The smallest absolute Gasteiger partial charge is 0.302 e. The van der Waals surface area contributed by atoms with Crippen molar-refractivity contribution in [2.45, 2.75) is 71.5 Å². The standard InChI is InChI=1S/C22H32O5/c1-12-14-6-7-15-21(4)9-5-8-20(3,11-27-13(2)23)16(21)10-17(24)22(15,18(12)25)19(14)26/h14-17,19,24,26H,1,5-11H2,2-4H3. The molecule has 8 atom stereocenters. The fraction of sp³-hybridized carbons (Fsp3) is 0.818. The second-order valence-corrected chi connectivity index (χ2v) is 10.1. The van der Waals surface area contributed by atoms with Gasteiger partial charge in [-0.3, -0.25) is 9.59 Å². The largest absolute Gasteiger partial charge is 0.465 e. The third kappa shape index (κ3) is 2.24. The van der Waals surface area contributed by atoms with Gasteiger partial charge in [0.2, 0.25) is 0 Å². The summed E-state index contributed by atoms with van der Waals surface area (Å²) in [5.41, 5.74) is -0.977. The molecule has 4 saturated carbocycles. The number of aliphatic hydroxyl groups is 2. The molecule has 27 heavy (non-hydrogen) atoms. The summed E-state index contributed by atoms with van der Waals surface area (Å²) < 4.78 is 5.42. The average molecular weight is 376 g/mol. The molecule has 8 unspecified atom stereocenters. The lowest BCUT2D eigenvalue weighted by Gasteiger charge is -2.65. The van der Waals surface area contributed by atoms with Gasteiger partial charge in [-0.15, -0.1) is 0 Å². The summed E-state index contributed by atoms with van der Waals surface area (Å²) >= 11 is 0. The van der Waals surface area contributed by atoms with E-state index in [1.54, 1.807) is 0 Å². The highest BCUT2D eigenvalue weighted by atomic mass is 16.5. The van der Waals surface area contributed by atoms with Crippen LogP contribution in [0, 0.1) is 34.0 Å². The van der Waals surface area contributed by atoms with E-state index in [2.05, 4.69) is 20.4 Å². The molecule has 150 valence electrons. The van der Waals surface area contributed by atoms with E-state index in [0.717, 1.165) is 32.1 Å². The summed E-state index contributed by atoms with van der Waals surface area (Å²) in [6.07, 6.45) is 3.28. The van der Waals surface area contributed by atoms with E-state index >= 15 is 0 Å². The fourth-order valence-corrected chi connectivity index (χ4v) is 7.69. The Morgan fingerprint density at radius 2 is 1.93 bits per heavy atom. The van der Waals surface area contributed by atoms with Crippen LogP contribution >= 0.6 is 0 Å². The lowest BCUT2D eigenvalue weighted by Crippen LogP contribution is -2.67. The van der Waals surface area contributed by atoms with Gasteiger partial charge in [0.1, 0.15) is 0 Å². The monoisotopic (exact) mass is 376 g/mol. The summed E-state index contributed by atoms with van der Waals surface area (Å²) in [5, 5.41) is 22.4. The van der Waals surface area contributed by atoms with Crippen LogP contribution in [-0.4, -0.2) is 40.8 Å². The number of hydrogen-bond acceptors (Lipinski definition) is 5. The van der Waals surface area contributed by atoms with Crippen LogP contribution in [0.5, 0.6) is 0 Å². The molecule has 0 saturated heterocycles. The Bertz CT molecular complexity index is 701. The number of rotatable bonds is 2. The first-order valence-electron chi connectivity index (χ1n) is 10.3. The lowest BCUT2D eigenvalue weighted by molar-refractivity contribution is -0.231. The van der Waals surface area contributed by atoms with Gasteiger partial charge in [-0.2, -0.15) is 0 Å². The first-order chi connectivity index (χ1) is 12.6. The molecule has 5 heteroatoms. The zero-order valence-electron chi connectivity index (χ0n) is 16.7. The van der Waals surface area contributed by atoms with Crippen molar-refractivity contribution < 1.29 is 24.5 Å². The van der Waals surface area contributed by atoms with Crippen molar-refractivity contribution in [3.8, 4) is 0 Å². The third-order valence-electron chi connectivity index (χ3n) is 8.86. The number of carbonyl (C=O) groups is 2. The van der Waals surface area contributed by atoms with Gasteiger partial charge < -0.3 is 14.9 Å². The van der Waals surface area contributed by atoms with Crippen LogP contribution in [0.1, 0.15) is 59.3 Å². The summed E-state index contributed by atoms with van der Waals surface area (Å²) in [6.45, 7) is 10.1. The quantitative estimate of drug-likeness (QED) is 0.572. The van der Waals surface area contributed by atoms with Crippen molar-refractivity contribution in [1.82, 2.24) is 0 Å². The molecule has 0 heterocycles. The van der Waals surface area contributed by atoms with E-state index in [1.165, 1.54) is 6.92 Å². The number of esters is 1. The molecule has 0 amide bonds. The predicted molar refractivity (Wildman–Crippen MR) is 99.6 cm³/mol. The summed E-state index contributed by atoms with van der Waals surface area (Å²) in [6, 6.07) is 0. The average Bonchev–Trinajstić information content (AvgIpc) is 2.71. The summed E-state index contributed by atoms with van der Waals surface area (Å²) in [5.74, 6) is -0.515. The van der Waals surface area contributed by atoms with Crippen LogP contribution < -0.4 is 0 Å². The van der Waals surface area contributed by atoms with Crippen LogP contribution in [0.25, 0.3) is 0 Å². The minimum Gasteiger partial charge on any atom is -0.465 e. The molecule has 0 aromatic carbocycles. The van der Waals surface area contributed by atoms with Crippen molar-refractivity contribution in [2.75, 3.05) is 6.61 Å². The molecule has 2 bridgehead atoms. The summed E-state index contributed by atoms with van der Waals surface area (Å²) in [4.78, 5) is 24.7. The maximum absolute atomic E-state index is 13.3. The van der Waals surface area contributed by atoms with Gasteiger partial charge in [-0.25, -0.2) is 0 Å². The minimum absolute atomic E-state index is 0.0614. The van der Waals surface area contributed by atoms with Gasteiger partial charge in [0.15, 0.2) is 5.78 Å². The number of hydrogen-bond donors (Lipinski definition) is 2. The topological polar surface area (TPSA) is 83.8 Å². The molecule has 2 N–H and O–H groups in total. The van der Waals surface area contributed by atoms with E-state index in [1.807, 2.05) is 0 Å². The van der Waals surface area contributed by atoms with E-state index in [0.29, 0.717) is 18.6 Å². The molecule has 1 spiro atoms. The molecule has 4 rings (SSSR count). The molecule has 0 radical (unpaired) electrons. The van der Waals surface area contributed by atoms with Gasteiger partial charge in [0.05, 0.1) is 24.2 Å². The Morgan fingerprint density at radius 1 is 1.22 bits per heavy atom. The van der Waals surface area contributed by atoms with Gasteiger partial charge >= 0.3 is 5.97 Å². The SMILES string of the molecule is C=C1C(=O)C23C(O)CC4C(C)(COC(C)=O)CCCC4(C)C2CCC1C3O. The second kappa shape index (κ2) is 5.90. The van der Waals surface area contributed by atoms with E-state index in [9.17, 15) is 19.8 Å². The molecule has 0 aliphatic heterocycles. The van der Waals surface area contributed by atoms with Crippen molar-refractivity contribution in [1.29, 1.82) is 0 Å². The van der Waals surface area contributed by atoms with E-state index in [-0.39, 0.29) is 40.3 Å². The number of carbonyl (C=O) groups excluding carboxylic acids is 2. The Kier molecular flexibility index (Phi) is 4.18. The number of fused-ring (bicyclic) bond motifs is 3. The maximum atomic E-state index is 13.3. The first-order valence-corrected chi connectivity index (χ1v) is 10.3. The van der Waals surface area contributed by atoms with Crippen molar-refractivity contribution in [3.05, 3.63) is 12.2 Å². The van der Waals surface area contributed by atoms with Crippen LogP contribution in [-0.2, 0) is 14.3 Å². The molecular formula is C22H32O5. The number of ether oxygens (including phenoxy) is 1. The molecule has 4 aliphatic carbocycles.